The first-order valence-electron chi connectivity index (χ1n) is 3.50. The highest BCUT2D eigenvalue weighted by Crippen LogP contribution is 2.18. The Kier molecular flexibility index (Phi) is 2.70. The third kappa shape index (κ3) is 2.92. The third-order valence-electron chi connectivity index (χ3n) is 1.39. The summed E-state index contributed by atoms with van der Waals surface area (Å²) in [5, 5.41) is 10.4. The molecule has 1 fully saturated rings. The Morgan fingerprint density at radius 1 is 1.50 bits per heavy atom. The normalized spacial score (nSPS) is 17.2. The first-order valence-corrected chi connectivity index (χ1v) is 3.88. The summed E-state index contributed by atoms with van der Waals surface area (Å²) in [4.78, 5) is 21.0. The summed E-state index contributed by atoms with van der Waals surface area (Å²) in [6.07, 6.45) is 2.80. The summed E-state index contributed by atoms with van der Waals surface area (Å²) in [6.45, 7) is 0. The van der Waals surface area contributed by atoms with Gasteiger partial charge in [-0.25, -0.2) is 4.79 Å². The molecule has 0 heterocycles. The van der Waals surface area contributed by atoms with Crippen LogP contribution in [0.3, 0.4) is 0 Å². The highest BCUT2D eigenvalue weighted by molar-refractivity contribution is 6.42. The Labute approximate surface area is 74.2 Å². The number of halogens is 1. The van der Waals surface area contributed by atoms with E-state index >= 15 is 0 Å². The number of nitrogens with one attached hydrogen (secondary N) is 1. The molecule has 0 spiro atoms. The number of hydrogen-bond donors (Lipinski definition) is 2. The molecule has 1 rings (SSSR count). The van der Waals surface area contributed by atoms with Crippen LogP contribution >= 0.6 is 11.6 Å². The van der Waals surface area contributed by atoms with E-state index in [0.29, 0.717) is 0 Å². The Bertz CT molecular complexity index is 245. The molecule has 0 atom stereocenters. The molecule has 12 heavy (non-hydrogen) atoms. The van der Waals surface area contributed by atoms with Crippen LogP contribution < -0.4 is 5.32 Å². The van der Waals surface area contributed by atoms with Crippen LogP contribution in [0.5, 0.6) is 0 Å². The summed E-state index contributed by atoms with van der Waals surface area (Å²) >= 11 is 5.22. The van der Waals surface area contributed by atoms with Gasteiger partial charge in [0, 0.05) is 12.1 Å². The zero-order chi connectivity index (χ0) is 9.14. The quantitative estimate of drug-likeness (QED) is 0.635. The van der Waals surface area contributed by atoms with Gasteiger partial charge in [-0.05, 0) is 12.8 Å². The van der Waals surface area contributed by atoms with Gasteiger partial charge in [0.05, 0.1) is 0 Å². The minimum absolute atomic E-state index is 0.215. The Morgan fingerprint density at radius 2 is 2.08 bits per heavy atom. The highest BCUT2D eigenvalue weighted by atomic mass is 35.5. The molecule has 0 bridgehead atoms. The SMILES string of the molecule is O=C(/C=C(/Cl)C(=O)O)NC1CC1. The average molecular weight is 190 g/mol. The molecule has 1 saturated carbocycles. The van der Waals surface area contributed by atoms with Crippen molar-refractivity contribution < 1.29 is 14.7 Å². The second kappa shape index (κ2) is 3.58. The highest BCUT2D eigenvalue weighted by Gasteiger charge is 2.22. The van der Waals surface area contributed by atoms with E-state index in [0.717, 1.165) is 18.9 Å². The number of carbonyl (C=O) groups excluding carboxylic acids is 1. The van der Waals surface area contributed by atoms with Crippen molar-refractivity contribution in [3.8, 4) is 0 Å². The maximum absolute atomic E-state index is 10.9. The van der Waals surface area contributed by atoms with Gasteiger partial charge in [-0.2, -0.15) is 0 Å². The van der Waals surface area contributed by atoms with E-state index in [4.69, 9.17) is 16.7 Å². The molecule has 2 N–H and O–H groups in total. The summed E-state index contributed by atoms with van der Waals surface area (Å²) in [6, 6.07) is 0.215. The van der Waals surface area contributed by atoms with Crippen molar-refractivity contribution >= 4 is 23.5 Å². The molecular formula is C7H8ClNO3. The molecule has 0 unspecified atom stereocenters. The van der Waals surface area contributed by atoms with E-state index in [1.165, 1.54) is 0 Å². The van der Waals surface area contributed by atoms with Crippen LogP contribution in [-0.2, 0) is 9.59 Å². The fraction of sp³-hybridized carbons (Fsp3) is 0.429. The molecule has 5 heteroatoms. The summed E-state index contributed by atoms with van der Waals surface area (Å²) in [5.74, 6) is -1.73. The standard InChI is InChI=1S/C7H8ClNO3/c8-5(7(11)12)3-6(10)9-4-1-2-4/h3-4H,1-2H2,(H,9,10)(H,11,12)/b5-3+. The third-order valence-corrected chi connectivity index (χ3v) is 1.66. The lowest BCUT2D eigenvalue weighted by Crippen LogP contribution is -2.23. The van der Waals surface area contributed by atoms with Crippen LogP contribution in [0.2, 0.25) is 0 Å². The summed E-state index contributed by atoms with van der Waals surface area (Å²) in [5.41, 5.74) is 0. The zero-order valence-electron chi connectivity index (χ0n) is 6.21. The van der Waals surface area contributed by atoms with Gasteiger partial charge in [-0.15, -0.1) is 0 Å². The van der Waals surface area contributed by atoms with E-state index in [-0.39, 0.29) is 6.04 Å². The van der Waals surface area contributed by atoms with Gasteiger partial charge < -0.3 is 10.4 Å². The molecular weight excluding hydrogens is 182 g/mol. The van der Waals surface area contributed by atoms with Crippen LogP contribution in [0.4, 0.5) is 0 Å². The molecule has 0 aromatic heterocycles. The monoisotopic (exact) mass is 189 g/mol. The number of rotatable bonds is 3. The number of carboxylic acids is 1. The number of aliphatic carboxylic acids is 1. The molecule has 0 aliphatic heterocycles. The lowest BCUT2D eigenvalue weighted by molar-refractivity contribution is -0.132. The van der Waals surface area contributed by atoms with Crippen molar-refractivity contribution in [2.45, 2.75) is 18.9 Å². The van der Waals surface area contributed by atoms with Crippen molar-refractivity contribution in [2.24, 2.45) is 0 Å². The molecule has 4 nitrogen and oxygen atoms in total. The van der Waals surface area contributed by atoms with Crippen molar-refractivity contribution in [2.75, 3.05) is 0 Å². The Balaban J connectivity index is 2.41. The lowest BCUT2D eigenvalue weighted by atomic mass is 10.4. The summed E-state index contributed by atoms with van der Waals surface area (Å²) in [7, 11) is 0. The summed E-state index contributed by atoms with van der Waals surface area (Å²) < 4.78 is 0. The number of carbonyl (C=O) groups is 2. The van der Waals surface area contributed by atoms with E-state index in [1.54, 1.807) is 0 Å². The van der Waals surface area contributed by atoms with Gasteiger partial charge in [0.15, 0.2) is 0 Å². The van der Waals surface area contributed by atoms with Gasteiger partial charge in [0.2, 0.25) is 5.91 Å². The van der Waals surface area contributed by atoms with Gasteiger partial charge in [0.1, 0.15) is 5.03 Å². The smallest absolute Gasteiger partial charge is 0.347 e. The molecule has 0 aromatic carbocycles. The fourth-order valence-corrected chi connectivity index (χ4v) is 0.746. The van der Waals surface area contributed by atoms with Gasteiger partial charge in [-0.1, -0.05) is 11.6 Å². The van der Waals surface area contributed by atoms with E-state index in [9.17, 15) is 9.59 Å². The first kappa shape index (κ1) is 9.06. The Morgan fingerprint density at radius 3 is 2.50 bits per heavy atom. The lowest BCUT2D eigenvalue weighted by Gasteiger charge is -1.96. The van der Waals surface area contributed by atoms with Crippen molar-refractivity contribution in [3.05, 3.63) is 11.1 Å². The van der Waals surface area contributed by atoms with Crippen molar-refractivity contribution in [1.82, 2.24) is 5.32 Å². The van der Waals surface area contributed by atoms with Gasteiger partial charge in [0.25, 0.3) is 0 Å². The molecule has 0 radical (unpaired) electrons. The van der Waals surface area contributed by atoms with E-state index in [1.807, 2.05) is 0 Å². The van der Waals surface area contributed by atoms with E-state index < -0.39 is 16.9 Å². The second-order valence-electron chi connectivity index (χ2n) is 2.58. The largest absolute Gasteiger partial charge is 0.477 e. The first-order chi connectivity index (χ1) is 5.59. The van der Waals surface area contributed by atoms with Crippen molar-refractivity contribution in [1.29, 1.82) is 0 Å². The minimum Gasteiger partial charge on any atom is -0.477 e. The number of hydrogen-bond acceptors (Lipinski definition) is 2. The molecule has 1 aliphatic carbocycles. The molecule has 1 aliphatic rings. The van der Waals surface area contributed by atoms with Crippen LogP contribution in [0, 0.1) is 0 Å². The molecule has 0 saturated heterocycles. The molecule has 1 amide bonds. The van der Waals surface area contributed by atoms with E-state index in [2.05, 4.69) is 5.32 Å². The fourth-order valence-electron chi connectivity index (χ4n) is 0.647. The second-order valence-corrected chi connectivity index (χ2v) is 2.99. The number of amides is 1. The Hall–Kier alpha value is -1.03. The van der Waals surface area contributed by atoms with Crippen LogP contribution in [0.1, 0.15) is 12.8 Å². The zero-order valence-corrected chi connectivity index (χ0v) is 6.97. The maximum Gasteiger partial charge on any atom is 0.347 e. The molecule has 0 aromatic rings. The predicted molar refractivity (Wildman–Crippen MR) is 42.7 cm³/mol. The van der Waals surface area contributed by atoms with Crippen LogP contribution in [0.15, 0.2) is 11.1 Å². The maximum atomic E-state index is 10.9. The van der Waals surface area contributed by atoms with Gasteiger partial charge in [-0.3, -0.25) is 4.79 Å². The van der Waals surface area contributed by atoms with Crippen LogP contribution in [0.25, 0.3) is 0 Å². The van der Waals surface area contributed by atoms with Gasteiger partial charge >= 0.3 is 5.97 Å². The predicted octanol–water partition coefficient (Wildman–Crippen LogP) is 0.472. The minimum atomic E-state index is -1.29. The topological polar surface area (TPSA) is 66.4 Å². The molecule has 66 valence electrons. The van der Waals surface area contributed by atoms with Crippen molar-refractivity contribution in [3.63, 3.8) is 0 Å². The average Bonchev–Trinajstić information content (AvgIpc) is 2.71. The number of carboxylic acid groups (broad SMARTS) is 1. The van der Waals surface area contributed by atoms with Crippen LogP contribution in [-0.4, -0.2) is 23.0 Å².